The second kappa shape index (κ2) is 11.4. The predicted octanol–water partition coefficient (Wildman–Crippen LogP) is 4.46. The summed E-state index contributed by atoms with van der Waals surface area (Å²) in [6.45, 7) is 2.39. The highest BCUT2D eigenvalue weighted by molar-refractivity contribution is 8.18. The summed E-state index contributed by atoms with van der Waals surface area (Å²) in [6.07, 6.45) is 4.97. The van der Waals surface area contributed by atoms with Crippen molar-refractivity contribution in [3.63, 3.8) is 0 Å². The van der Waals surface area contributed by atoms with Crippen LogP contribution in [0.2, 0.25) is 0 Å². The van der Waals surface area contributed by atoms with E-state index in [1.165, 1.54) is 24.4 Å². The van der Waals surface area contributed by atoms with Gasteiger partial charge < -0.3 is 14.5 Å². The zero-order chi connectivity index (χ0) is 26.5. The van der Waals surface area contributed by atoms with Crippen molar-refractivity contribution in [1.82, 2.24) is 20.2 Å². The lowest BCUT2D eigenvalue weighted by Gasteiger charge is -2.22. The van der Waals surface area contributed by atoms with Crippen LogP contribution in [0.1, 0.15) is 17.5 Å². The molecule has 0 bridgehead atoms. The minimum atomic E-state index is -0.485. The van der Waals surface area contributed by atoms with Gasteiger partial charge in [0.2, 0.25) is 0 Å². The molecule has 9 nitrogen and oxygen atoms in total. The molecule has 2 saturated heterocycles. The quantitative estimate of drug-likeness (QED) is 0.480. The van der Waals surface area contributed by atoms with E-state index in [2.05, 4.69) is 15.3 Å². The fourth-order valence-corrected chi connectivity index (χ4v) is 4.86. The number of halogens is 1. The number of hydrogen-bond acceptors (Lipinski definition) is 8. The highest BCUT2D eigenvalue weighted by Crippen LogP contribution is 2.29. The Morgan fingerprint density at radius 2 is 1.92 bits per heavy atom. The van der Waals surface area contributed by atoms with Gasteiger partial charge in [-0.05, 0) is 47.5 Å². The predicted molar refractivity (Wildman–Crippen MR) is 142 cm³/mol. The summed E-state index contributed by atoms with van der Waals surface area (Å²) >= 11 is 0.798. The van der Waals surface area contributed by atoms with E-state index >= 15 is 0 Å². The number of amides is 3. The van der Waals surface area contributed by atoms with Gasteiger partial charge in [0.25, 0.3) is 11.1 Å². The minimum Gasteiger partial charge on any atom is -0.445 e. The van der Waals surface area contributed by atoms with E-state index in [4.69, 9.17) is 4.74 Å². The molecule has 0 spiro atoms. The van der Waals surface area contributed by atoms with E-state index in [1.807, 2.05) is 35.2 Å². The molecule has 2 fully saturated rings. The number of carbonyl (C=O) groups is 3. The number of imide groups is 1. The molecule has 3 amide bonds. The number of carbonyl (C=O) groups excluding carboxylic acids is 3. The van der Waals surface area contributed by atoms with E-state index in [9.17, 15) is 18.8 Å². The molecule has 2 aliphatic rings. The van der Waals surface area contributed by atoms with Crippen molar-refractivity contribution in [3.8, 4) is 11.3 Å². The van der Waals surface area contributed by atoms with Gasteiger partial charge in [0.05, 0.1) is 23.0 Å². The van der Waals surface area contributed by atoms with Crippen molar-refractivity contribution in [2.45, 2.75) is 13.0 Å². The number of rotatable bonds is 5. The van der Waals surface area contributed by atoms with Gasteiger partial charge in [0.15, 0.2) is 0 Å². The summed E-state index contributed by atoms with van der Waals surface area (Å²) in [5.41, 5.74) is 2.05. The van der Waals surface area contributed by atoms with Crippen LogP contribution in [0.5, 0.6) is 0 Å². The lowest BCUT2D eigenvalue weighted by molar-refractivity contribution is -0.115. The smallest absolute Gasteiger partial charge is 0.410 e. The first-order chi connectivity index (χ1) is 18.5. The third-order valence-electron chi connectivity index (χ3n) is 6.11. The Labute approximate surface area is 222 Å². The first-order valence-electron chi connectivity index (χ1n) is 12.0. The topological polar surface area (TPSA) is 105 Å². The van der Waals surface area contributed by atoms with E-state index < -0.39 is 17.0 Å². The van der Waals surface area contributed by atoms with Crippen LogP contribution in [0, 0.1) is 5.82 Å². The Bertz CT molecular complexity index is 1400. The number of ether oxygens (including phenoxy) is 1. The van der Waals surface area contributed by atoms with Crippen molar-refractivity contribution in [3.05, 3.63) is 82.8 Å². The maximum Gasteiger partial charge on any atom is 0.410 e. The lowest BCUT2D eigenvalue weighted by Crippen LogP contribution is -2.35. The first-order valence-corrected chi connectivity index (χ1v) is 12.9. The first kappa shape index (κ1) is 25.4. The Morgan fingerprint density at radius 1 is 1.08 bits per heavy atom. The largest absolute Gasteiger partial charge is 0.445 e. The van der Waals surface area contributed by atoms with Crippen LogP contribution in [0.25, 0.3) is 17.3 Å². The molecule has 0 saturated carbocycles. The number of benzene rings is 2. The van der Waals surface area contributed by atoms with Gasteiger partial charge in [0.1, 0.15) is 18.2 Å². The van der Waals surface area contributed by atoms with Gasteiger partial charge in [-0.25, -0.2) is 14.2 Å². The SMILES string of the molecule is O=C1NC(=O)/C(=C\c2ccc(F)c(-c3cncc(N4CCCN(C(=O)OCc5ccccc5)CC4)n3)c2)S1. The summed E-state index contributed by atoms with van der Waals surface area (Å²) in [5, 5.41) is 1.76. The summed E-state index contributed by atoms with van der Waals surface area (Å²) in [7, 11) is 0. The van der Waals surface area contributed by atoms with Gasteiger partial charge in [-0.3, -0.25) is 19.9 Å². The summed E-state index contributed by atoms with van der Waals surface area (Å²) < 4.78 is 20.3. The molecule has 2 aliphatic heterocycles. The standard InChI is InChI=1S/C27H24FN5O4S/c28-21-8-7-19(14-23-25(34)31-26(35)38-23)13-20(21)22-15-29-16-24(30-22)32-9-4-10-33(12-11-32)27(36)37-17-18-5-2-1-3-6-18/h1-3,5-8,13-16H,4,9-12,17H2,(H,31,34,35)/b23-14+. The van der Waals surface area contributed by atoms with E-state index in [0.29, 0.717) is 49.7 Å². The molecule has 38 heavy (non-hydrogen) atoms. The third kappa shape index (κ3) is 6.00. The maximum absolute atomic E-state index is 14.8. The lowest BCUT2D eigenvalue weighted by atomic mass is 10.1. The second-order valence-electron chi connectivity index (χ2n) is 8.72. The van der Waals surface area contributed by atoms with Crippen LogP contribution in [0.3, 0.4) is 0 Å². The third-order valence-corrected chi connectivity index (χ3v) is 6.92. The number of aromatic nitrogens is 2. The highest BCUT2D eigenvalue weighted by Gasteiger charge is 2.25. The molecule has 3 aromatic rings. The molecule has 1 N–H and O–H groups in total. The number of nitrogens with one attached hydrogen (secondary N) is 1. The van der Waals surface area contributed by atoms with Gasteiger partial charge in [-0.1, -0.05) is 36.4 Å². The Balaban J connectivity index is 1.27. The van der Waals surface area contributed by atoms with Crippen LogP contribution >= 0.6 is 11.8 Å². The van der Waals surface area contributed by atoms with Gasteiger partial charge >= 0.3 is 6.09 Å². The van der Waals surface area contributed by atoms with Crippen molar-refractivity contribution in [1.29, 1.82) is 0 Å². The zero-order valence-electron chi connectivity index (χ0n) is 20.3. The van der Waals surface area contributed by atoms with Crippen LogP contribution in [0.4, 0.5) is 19.8 Å². The number of nitrogens with zero attached hydrogens (tertiary/aromatic N) is 4. The summed E-state index contributed by atoms with van der Waals surface area (Å²) in [5.74, 6) is -0.394. The number of thioether (sulfide) groups is 1. The van der Waals surface area contributed by atoms with Crippen molar-refractivity contribution >= 4 is 40.9 Å². The molecule has 0 atom stereocenters. The molecule has 3 heterocycles. The Morgan fingerprint density at radius 3 is 2.71 bits per heavy atom. The monoisotopic (exact) mass is 533 g/mol. The van der Waals surface area contributed by atoms with E-state index in [0.717, 1.165) is 17.3 Å². The van der Waals surface area contributed by atoms with E-state index in [1.54, 1.807) is 17.2 Å². The van der Waals surface area contributed by atoms with Crippen molar-refractivity contribution in [2.24, 2.45) is 0 Å². The molecule has 194 valence electrons. The molecule has 0 radical (unpaired) electrons. The zero-order valence-corrected chi connectivity index (χ0v) is 21.1. The van der Waals surface area contributed by atoms with Crippen LogP contribution < -0.4 is 10.2 Å². The fraction of sp³-hybridized carbons (Fsp3) is 0.222. The van der Waals surface area contributed by atoms with Gasteiger partial charge in [-0.15, -0.1) is 0 Å². The van der Waals surface area contributed by atoms with Crippen molar-refractivity contribution < 1.29 is 23.5 Å². The van der Waals surface area contributed by atoms with E-state index in [-0.39, 0.29) is 23.2 Å². The maximum atomic E-state index is 14.8. The molecule has 11 heteroatoms. The number of anilines is 1. The van der Waals surface area contributed by atoms with Gasteiger partial charge in [-0.2, -0.15) is 0 Å². The summed E-state index contributed by atoms with van der Waals surface area (Å²) in [6, 6.07) is 13.9. The van der Waals surface area contributed by atoms with Crippen LogP contribution in [0.15, 0.2) is 65.8 Å². The van der Waals surface area contributed by atoms with Gasteiger partial charge in [0, 0.05) is 31.7 Å². The fourth-order valence-electron chi connectivity index (χ4n) is 4.18. The normalized spacial score (nSPS) is 16.9. The molecular weight excluding hydrogens is 509 g/mol. The Kier molecular flexibility index (Phi) is 7.64. The van der Waals surface area contributed by atoms with Crippen molar-refractivity contribution in [2.75, 3.05) is 31.1 Å². The second-order valence-corrected chi connectivity index (χ2v) is 9.74. The molecular formula is C27H24FN5O4S. The molecule has 1 aromatic heterocycles. The molecule has 0 aliphatic carbocycles. The minimum absolute atomic E-state index is 0.217. The average Bonchev–Trinajstić information content (AvgIpc) is 3.10. The molecule has 0 unspecified atom stereocenters. The molecule has 2 aromatic carbocycles. The van der Waals surface area contributed by atoms with Crippen LogP contribution in [-0.4, -0.2) is 58.3 Å². The van der Waals surface area contributed by atoms with Crippen LogP contribution in [-0.2, 0) is 16.1 Å². The molecule has 5 rings (SSSR count). The average molecular weight is 534 g/mol. The summed E-state index contributed by atoms with van der Waals surface area (Å²) in [4.78, 5) is 48.8. The number of hydrogen-bond donors (Lipinski definition) is 1. The Hall–Kier alpha value is -4.25. The highest BCUT2D eigenvalue weighted by atomic mass is 32.2.